The van der Waals surface area contributed by atoms with E-state index >= 15 is 0 Å². The summed E-state index contributed by atoms with van der Waals surface area (Å²) in [6.45, 7) is 47.5. The molecule has 5 aromatic heterocycles. The molecule has 5 aromatic rings. The molecule has 13 nitrogen and oxygen atoms in total. The number of nitrogens with zero attached hydrogens (tertiary/aromatic N) is 13. The number of hydrogen-bond acceptors (Lipinski definition) is 8. The van der Waals surface area contributed by atoms with E-state index in [1.54, 1.807) is 0 Å². The summed E-state index contributed by atoms with van der Waals surface area (Å²) in [6.07, 6.45) is 17.7. The molecule has 0 spiro atoms. The average Bonchev–Trinajstić information content (AvgIpc) is 4.21. The molecular weight excluding hydrogens is 986 g/mol. The van der Waals surface area contributed by atoms with Crippen LogP contribution in [0.4, 0.5) is 22.0 Å². The average molecular weight is 1090 g/mol. The predicted octanol–water partition coefficient (Wildman–Crippen LogP) is 14.9. The molecule has 0 amide bonds. The zero-order valence-electron chi connectivity index (χ0n) is 51.7. The quantitative estimate of drug-likeness (QED) is 0.142. The molecule has 3 saturated heterocycles. The Bertz CT molecular complexity index is 1970. The molecule has 3 aliphatic rings. The molecule has 77 heavy (non-hydrogen) atoms. The van der Waals surface area contributed by atoms with E-state index in [1.807, 2.05) is 118 Å². The largest absolute Gasteiger partial charge is 0.352 e. The fraction of sp³-hybridized carbons (Fsp3) is 0.746. The molecule has 0 aromatic carbocycles. The Hall–Kier alpha value is -4.42. The molecule has 3 aliphatic heterocycles. The first-order chi connectivity index (χ1) is 35.7. The summed E-state index contributed by atoms with van der Waals surface area (Å²) in [6, 6.07) is 7.91. The van der Waals surface area contributed by atoms with E-state index in [2.05, 4.69) is 153 Å². The monoisotopic (exact) mass is 1090 g/mol. The topological polar surface area (TPSA) is 98.8 Å². The van der Waals surface area contributed by atoms with Crippen LogP contribution in [-0.2, 0) is 0 Å². The Labute approximate surface area is 463 Å². The van der Waals surface area contributed by atoms with Gasteiger partial charge in [-0.1, -0.05) is 5.21 Å². The van der Waals surface area contributed by atoms with Gasteiger partial charge in [0, 0.05) is 131 Å². The van der Waals surface area contributed by atoms with Gasteiger partial charge >= 0.3 is 0 Å². The smallest absolute Gasteiger partial charge is 0.260 e. The van der Waals surface area contributed by atoms with Gasteiger partial charge in [0.15, 0.2) is 0 Å². The Morgan fingerprint density at radius 3 is 1.30 bits per heavy atom. The van der Waals surface area contributed by atoms with Gasteiger partial charge in [0.05, 0.1) is 36.2 Å². The van der Waals surface area contributed by atoms with Crippen molar-refractivity contribution in [1.29, 1.82) is 0 Å². The van der Waals surface area contributed by atoms with Gasteiger partial charge in [0.2, 0.25) is 0 Å². The van der Waals surface area contributed by atoms with E-state index in [0.717, 1.165) is 49.6 Å². The third kappa shape index (κ3) is 30.5. The van der Waals surface area contributed by atoms with Gasteiger partial charge < -0.3 is 18.9 Å². The lowest BCUT2D eigenvalue weighted by molar-refractivity contribution is -0.0715. The highest BCUT2D eigenvalue weighted by atomic mass is 19.3. The van der Waals surface area contributed by atoms with Crippen molar-refractivity contribution in [3.63, 3.8) is 0 Å². The maximum atomic E-state index is 12.8. The minimum absolute atomic E-state index is 0.0329. The van der Waals surface area contributed by atoms with E-state index < -0.39 is 18.0 Å². The van der Waals surface area contributed by atoms with E-state index in [0.29, 0.717) is 61.8 Å². The Balaban J connectivity index is 0.000000441. The molecule has 0 radical (unpaired) electrons. The maximum absolute atomic E-state index is 12.8. The van der Waals surface area contributed by atoms with Crippen LogP contribution >= 0.6 is 0 Å². The molecule has 3 fully saturated rings. The first-order valence-corrected chi connectivity index (χ1v) is 28.4. The van der Waals surface area contributed by atoms with Crippen molar-refractivity contribution in [1.82, 2.24) is 63.4 Å². The Morgan fingerprint density at radius 1 is 0.481 bits per heavy atom. The minimum Gasteiger partial charge on any atom is -0.352 e. The van der Waals surface area contributed by atoms with Crippen molar-refractivity contribution in [2.45, 2.75) is 250 Å². The number of imidazole rings is 1. The highest BCUT2D eigenvalue weighted by Crippen LogP contribution is 2.29. The fourth-order valence-corrected chi connectivity index (χ4v) is 7.81. The molecule has 442 valence electrons. The second-order valence-electron chi connectivity index (χ2n) is 23.2. The number of likely N-dealkylation sites (tertiary alicyclic amines) is 3. The zero-order chi connectivity index (χ0) is 58.8. The SMILES string of the molecule is CC(C)N1CCC(F)(F)CC1.CC(C)N1CCC(F)CC1.CC(C)N1CCCC(F)(F)C1.Cc1ccn(C(C)C)c1.Cc1ccn(C(C)C)n1.Cc1cn(C(C)C)cn1.Cc1cn(C(C)C)nn1.Cc1cnn(C(C)C)c1. The number of piperidine rings is 3. The minimum atomic E-state index is -2.44. The van der Waals surface area contributed by atoms with Crippen molar-refractivity contribution in [2.24, 2.45) is 0 Å². The number of aromatic nitrogens is 10. The van der Waals surface area contributed by atoms with Gasteiger partial charge in [-0.3, -0.25) is 14.3 Å². The second-order valence-corrected chi connectivity index (χ2v) is 23.2. The van der Waals surface area contributed by atoms with Gasteiger partial charge in [-0.05, 0) is 194 Å². The number of hydrogen-bond donors (Lipinski definition) is 0. The summed E-state index contributed by atoms with van der Waals surface area (Å²) in [5.41, 5.74) is 5.71. The zero-order valence-corrected chi connectivity index (χ0v) is 51.7. The van der Waals surface area contributed by atoms with Gasteiger partial charge in [-0.2, -0.15) is 10.2 Å². The first kappa shape index (κ1) is 70.6. The van der Waals surface area contributed by atoms with Gasteiger partial charge in [0.1, 0.15) is 6.17 Å². The second kappa shape index (κ2) is 35.2. The van der Waals surface area contributed by atoms with Crippen LogP contribution in [0.2, 0.25) is 0 Å². The van der Waals surface area contributed by atoms with E-state index in [9.17, 15) is 22.0 Å². The van der Waals surface area contributed by atoms with Crippen molar-refractivity contribution in [3.05, 3.63) is 90.0 Å². The van der Waals surface area contributed by atoms with E-state index in [-0.39, 0.29) is 31.8 Å². The van der Waals surface area contributed by atoms with E-state index in [1.165, 1.54) is 11.1 Å². The summed E-state index contributed by atoms with van der Waals surface area (Å²) in [5.74, 6) is -4.84. The van der Waals surface area contributed by atoms with Crippen LogP contribution in [0.3, 0.4) is 0 Å². The summed E-state index contributed by atoms with van der Waals surface area (Å²) in [4.78, 5) is 10.4. The van der Waals surface area contributed by atoms with Gasteiger partial charge in [0.25, 0.3) is 11.8 Å². The van der Waals surface area contributed by atoms with Crippen LogP contribution in [0.25, 0.3) is 0 Å². The predicted molar refractivity (Wildman–Crippen MR) is 309 cm³/mol. The molecule has 0 saturated carbocycles. The molecule has 18 heteroatoms. The number of rotatable bonds is 8. The normalized spacial score (nSPS) is 16.8. The standard InChI is InChI=1S/2C8H15F2N.C8H16FN.C8H13N.3C7H12N2.C6H11N3/c1-7(2)11-5-3-8(9,10)4-6-11;1-7(2)11-5-3-4-8(9,10)6-11;1-7(2)10-5-3-8(9)4-6-10;1-7(2)9-5-4-8(3)6-9;1-6(2)9-4-7(3)8-5-9;1-6(2)9-5-7(3)4-8-9;1-6(2)9-5-4-7(3)8-9;1-5(2)9-4-6(3)7-8-9/h2*7H,3-6H2,1-2H3;7-8H,3-6H2,1-2H3;4-7H,1-3H3;3*4-6H,1-3H3;4-5H,1-3H3. The maximum Gasteiger partial charge on any atom is 0.260 e. The molecule has 0 bridgehead atoms. The lowest BCUT2D eigenvalue weighted by atomic mass is 10.1. The number of alkyl halides is 5. The van der Waals surface area contributed by atoms with Crippen molar-refractivity contribution in [2.75, 3.05) is 39.3 Å². The lowest BCUT2D eigenvalue weighted by Gasteiger charge is -2.34. The van der Waals surface area contributed by atoms with Crippen LogP contribution in [0, 0.1) is 34.6 Å². The summed E-state index contributed by atoms with van der Waals surface area (Å²) in [5, 5.41) is 16.1. The van der Waals surface area contributed by atoms with Crippen molar-refractivity contribution in [3.8, 4) is 0 Å². The highest BCUT2D eigenvalue weighted by Gasteiger charge is 2.36. The molecule has 8 rings (SSSR count). The summed E-state index contributed by atoms with van der Waals surface area (Å²) >= 11 is 0. The van der Waals surface area contributed by atoms with Crippen LogP contribution in [0.5, 0.6) is 0 Å². The highest BCUT2D eigenvalue weighted by molar-refractivity contribution is 5.07. The van der Waals surface area contributed by atoms with Gasteiger partial charge in [-0.25, -0.2) is 31.6 Å². The van der Waals surface area contributed by atoms with Crippen LogP contribution in [0.1, 0.15) is 208 Å². The Kier molecular flexibility index (Phi) is 32.3. The van der Waals surface area contributed by atoms with Gasteiger partial charge in [-0.15, -0.1) is 5.10 Å². The molecular formula is C59H106F5N13. The fourth-order valence-electron chi connectivity index (χ4n) is 7.81. The van der Waals surface area contributed by atoms with E-state index in [4.69, 9.17) is 0 Å². The van der Waals surface area contributed by atoms with Crippen molar-refractivity contribution < 1.29 is 22.0 Å². The Morgan fingerprint density at radius 2 is 1.01 bits per heavy atom. The molecule has 0 N–H and O–H groups in total. The third-order valence-corrected chi connectivity index (χ3v) is 13.1. The van der Waals surface area contributed by atoms with Crippen LogP contribution in [0.15, 0.2) is 61.8 Å². The van der Waals surface area contributed by atoms with Crippen LogP contribution < -0.4 is 0 Å². The summed E-state index contributed by atoms with van der Waals surface area (Å²) in [7, 11) is 0. The van der Waals surface area contributed by atoms with Crippen LogP contribution in [-0.4, -0.2) is 139 Å². The number of aryl methyl sites for hydroxylation is 5. The molecule has 0 unspecified atom stereocenters. The van der Waals surface area contributed by atoms with Crippen molar-refractivity contribution >= 4 is 0 Å². The summed E-state index contributed by atoms with van der Waals surface area (Å²) < 4.78 is 73.4. The molecule has 8 heterocycles. The molecule has 0 atom stereocenters. The third-order valence-electron chi connectivity index (χ3n) is 13.1. The molecule has 0 aliphatic carbocycles. The number of halogens is 5. The first-order valence-electron chi connectivity index (χ1n) is 28.4. The lowest BCUT2D eigenvalue weighted by Crippen LogP contribution is -2.45.